The fourth-order valence-corrected chi connectivity index (χ4v) is 3.29. The zero-order valence-corrected chi connectivity index (χ0v) is 15.6. The molecule has 1 saturated heterocycles. The van der Waals surface area contributed by atoms with Gasteiger partial charge in [0, 0.05) is 32.2 Å². The predicted molar refractivity (Wildman–Crippen MR) is 97.3 cm³/mol. The van der Waals surface area contributed by atoms with Gasteiger partial charge in [0.25, 0.3) is 0 Å². The molecule has 138 valence electrons. The Morgan fingerprint density at radius 3 is 2.84 bits per heavy atom. The summed E-state index contributed by atoms with van der Waals surface area (Å²) in [6.07, 6.45) is 0.210. The number of nitrogens with one attached hydrogen (secondary N) is 1. The third-order valence-corrected chi connectivity index (χ3v) is 4.61. The first-order chi connectivity index (χ1) is 12.0. The average molecular weight is 347 g/mol. The summed E-state index contributed by atoms with van der Waals surface area (Å²) in [6, 6.07) is 7.53. The molecule has 1 aromatic rings. The van der Waals surface area contributed by atoms with E-state index < -0.39 is 6.04 Å². The lowest BCUT2D eigenvalue weighted by Crippen LogP contribution is -2.56. The Balaban J connectivity index is 2.12. The van der Waals surface area contributed by atoms with Crippen molar-refractivity contribution < 1.29 is 14.3 Å². The van der Waals surface area contributed by atoms with Gasteiger partial charge < -0.3 is 15.0 Å². The van der Waals surface area contributed by atoms with Crippen molar-refractivity contribution in [3.63, 3.8) is 0 Å². The molecular weight excluding hydrogens is 318 g/mol. The minimum absolute atomic E-state index is 0.0233. The Morgan fingerprint density at radius 2 is 2.20 bits per heavy atom. The molecule has 1 aromatic carbocycles. The fraction of sp³-hybridized carbons (Fsp3) is 0.579. The van der Waals surface area contributed by atoms with Crippen molar-refractivity contribution in [3.05, 3.63) is 29.8 Å². The standard InChI is InChI=1S/C19H29N3O3/c1-5-22(14(2)3)18(23)12-17-19(24)20-9-10-21(17)13-15-7-6-8-16(11-15)25-4/h6-8,11,14,17H,5,9-10,12-13H2,1-4H3,(H,20,24)/t17-/m0/s1. The zero-order chi connectivity index (χ0) is 18.4. The van der Waals surface area contributed by atoms with E-state index in [1.165, 1.54) is 0 Å². The third-order valence-electron chi connectivity index (χ3n) is 4.61. The molecule has 1 atom stereocenters. The maximum Gasteiger partial charge on any atom is 0.237 e. The number of ether oxygens (including phenoxy) is 1. The molecule has 0 saturated carbocycles. The van der Waals surface area contributed by atoms with Gasteiger partial charge in [-0.3, -0.25) is 14.5 Å². The number of rotatable bonds is 7. The lowest BCUT2D eigenvalue weighted by molar-refractivity contribution is -0.140. The summed E-state index contributed by atoms with van der Waals surface area (Å²) in [5.74, 6) is 0.751. The average Bonchev–Trinajstić information content (AvgIpc) is 2.58. The Bertz CT molecular complexity index is 603. The predicted octanol–water partition coefficient (Wildman–Crippen LogP) is 1.64. The van der Waals surface area contributed by atoms with Gasteiger partial charge in [-0.05, 0) is 38.5 Å². The van der Waals surface area contributed by atoms with Gasteiger partial charge in [-0.1, -0.05) is 12.1 Å². The van der Waals surface area contributed by atoms with Crippen molar-refractivity contribution in [3.8, 4) is 5.75 Å². The normalized spacial score (nSPS) is 18.1. The van der Waals surface area contributed by atoms with Crippen molar-refractivity contribution in [1.82, 2.24) is 15.1 Å². The van der Waals surface area contributed by atoms with Gasteiger partial charge in [0.2, 0.25) is 11.8 Å². The van der Waals surface area contributed by atoms with Gasteiger partial charge in [-0.2, -0.15) is 0 Å². The molecule has 2 rings (SSSR count). The van der Waals surface area contributed by atoms with Crippen LogP contribution in [0.3, 0.4) is 0 Å². The van der Waals surface area contributed by atoms with E-state index in [0.29, 0.717) is 19.6 Å². The van der Waals surface area contributed by atoms with E-state index in [4.69, 9.17) is 4.74 Å². The number of nitrogens with zero attached hydrogens (tertiary/aromatic N) is 2. The highest BCUT2D eigenvalue weighted by Crippen LogP contribution is 2.19. The van der Waals surface area contributed by atoms with E-state index >= 15 is 0 Å². The molecule has 0 spiro atoms. The van der Waals surface area contributed by atoms with Gasteiger partial charge in [-0.25, -0.2) is 0 Å². The van der Waals surface area contributed by atoms with Crippen molar-refractivity contribution >= 4 is 11.8 Å². The first-order valence-electron chi connectivity index (χ1n) is 8.90. The van der Waals surface area contributed by atoms with Crippen molar-refractivity contribution in [1.29, 1.82) is 0 Å². The first kappa shape index (κ1) is 19.2. The Kier molecular flexibility index (Phi) is 6.82. The smallest absolute Gasteiger partial charge is 0.237 e. The molecule has 1 aliphatic heterocycles. The molecule has 0 aromatic heterocycles. The van der Waals surface area contributed by atoms with E-state index in [9.17, 15) is 9.59 Å². The van der Waals surface area contributed by atoms with Crippen LogP contribution in [0.5, 0.6) is 5.75 Å². The van der Waals surface area contributed by atoms with Crippen LogP contribution in [0.1, 0.15) is 32.8 Å². The molecule has 0 radical (unpaired) electrons. The van der Waals surface area contributed by atoms with Crippen LogP contribution in [0.15, 0.2) is 24.3 Å². The summed E-state index contributed by atoms with van der Waals surface area (Å²) in [5, 5.41) is 2.89. The molecule has 6 heteroatoms. The number of hydrogen-bond donors (Lipinski definition) is 1. The molecule has 25 heavy (non-hydrogen) atoms. The minimum Gasteiger partial charge on any atom is -0.497 e. The summed E-state index contributed by atoms with van der Waals surface area (Å²) in [7, 11) is 1.64. The van der Waals surface area contributed by atoms with E-state index in [0.717, 1.165) is 17.9 Å². The van der Waals surface area contributed by atoms with Crippen LogP contribution in [0.25, 0.3) is 0 Å². The number of methoxy groups -OCH3 is 1. The molecule has 0 bridgehead atoms. The van der Waals surface area contributed by atoms with Crippen molar-refractivity contribution in [2.45, 2.75) is 45.8 Å². The molecule has 1 fully saturated rings. The fourth-order valence-electron chi connectivity index (χ4n) is 3.29. The summed E-state index contributed by atoms with van der Waals surface area (Å²) in [4.78, 5) is 28.9. The van der Waals surface area contributed by atoms with E-state index in [-0.39, 0.29) is 24.3 Å². The van der Waals surface area contributed by atoms with Gasteiger partial charge >= 0.3 is 0 Å². The second kappa shape index (κ2) is 8.85. The van der Waals surface area contributed by atoms with Crippen LogP contribution in [0.4, 0.5) is 0 Å². The maximum absolute atomic E-state index is 12.6. The summed E-state index contributed by atoms with van der Waals surface area (Å²) in [6.45, 7) is 8.57. The van der Waals surface area contributed by atoms with E-state index in [1.807, 2.05) is 49.9 Å². The monoisotopic (exact) mass is 347 g/mol. The lowest BCUT2D eigenvalue weighted by atomic mass is 10.1. The van der Waals surface area contributed by atoms with Gasteiger partial charge in [0.15, 0.2) is 0 Å². The summed E-state index contributed by atoms with van der Waals surface area (Å²) in [5.41, 5.74) is 1.07. The molecular formula is C19H29N3O3. The highest BCUT2D eigenvalue weighted by molar-refractivity contribution is 5.89. The number of carbonyl (C=O) groups is 2. The van der Waals surface area contributed by atoms with Gasteiger partial charge in [0.1, 0.15) is 5.75 Å². The molecule has 2 amide bonds. The SMILES string of the molecule is CCN(C(=O)C[C@H]1C(=O)NCCN1Cc1cccc(OC)c1)C(C)C. The second-order valence-electron chi connectivity index (χ2n) is 6.61. The maximum atomic E-state index is 12.6. The topological polar surface area (TPSA) is 61.9 Å². The Labute approximate surface area is 150 Å². The number of hydrogen-bond acceptors (Lipinski definition) is 4. The van der Waals surface area contributed by atoms with Crippen LogP contribution in [-0.4, -0.2) is 60.4 Å². The molecule has 1 heterocycles. The zero-order valence-electron chi connectivity index (χ0n) is 15.6. The van der Waals surface area contributed by atoms with E-state index in [2.05, 4.69) is 10.2 Å². The molecule has 0 aliphatic carbocycles. The molecule has 6 nitrogen and oxygen atoms in total. The van der Waals surface area contributed by atoms with Crippen LogP contribution < -0.4 is 10.1 Å². The van der Waals surface area contributed by atoms with Crippen LogP contribution in [-0.2, 0) is 16.1 Å². The largest absolute Gasteiger partial charge is 0.497 e. The Morgan fingerprint density at radius 1 is 1.44 bits per heavy atom. The number of amides is 2. The van der Waals surface area contributed by atoms with Crippen molar-refractivity contribution in [2.24, 2.45) is 0 Å². The number of carbonyl (C=O) groups excluding carboxylic acids is 2. The van der Waals surface area contributed by atoms with Crippen LogP contribution >= 0.6 is 0 Å². The Hall–Kier alpha value is -2.08. The highest BCUT2D eigenvalue weighted by Gasteiger charge is 2.33. The lowest BCUT2D eigenvalue weighted by Gasteiger charge is -2.36. The second-order valence-corrected chi connectivity index (χ2v) is 6.61. The highest BCUT2D eigenvalue weighted by atomic mass is 16.5. The van der Waals surface area contributed by atoms with E-state index in [1.54, 1.807) is 7.11 Å². The van der Waals surface area contributed by atoms with Gasteiger partial charge in [-0.15, -0.1) is 0 Å². The van der Waals surface area contributed by atoms with Gasteiger partial charge in [0.05, 0.1) is 19.6 Å². The summed E-state index contributed by atoms with van der Waals surface area (Å²) >= 11 is 0. The molecule has 0 unspecified atom stereocenters. The summed E-state index contributed by atoms with van der Waals surface area (Å²) < 4.78 is 5.27. The number of benzene rings is 1. The first-order valence-corrected chi connectivity index (χ1v) is 8.90. The third kappa shape index (κ3) is 4.95. The van der Waals surface area contributed by atoms with Crippen LogP contribution in [0, 0.1) is 0 Å². The van der Waals surface area contributed by atoms with Crippen LogP contribution in [0.2, 0.25) is 0 Å². The quantitative estimate of drug-likeness (QED) is 0.815. The number of piperazine rings is 1. The molecule has 1 N–H and O–H groups in total. The minimum atomic E-state index is -0.430. The van der Waals surface area contributed by atoms with Crippen molar-refractivity contribution in [2.75, 3.05) is 26.7 Å². The molecule has 1 aliphatic rings.